The molecule has 1 aromatic heterocycles. The minimum absolute atomic E-state index is 0.0703. The number of ether oxygens (including phenoxy) is 2. The van der Waals surface area contributed by atoms with Gasteiger partial charge in [-0.25, -0.2) is 9.37 Å². The zero-order chi connectivity index (χ0) is 12.8. The molecule has 4 nitrogen and oxygen atoms in total. The fraction of sp³-hybridized carbons (Fsp3) is 0.615. The van der Waals surface area contributed by atoms with Crippen molar-refractivity contribution in [1.29, 1.82) is 0 Å². The molecule has 0 aliphatic carbocycles. The Labute approximate surface area is 107 Å². The summed E-state index contributed by atoms with van der Waals surface area (Å²) >= 11 is 0. The maximum Gasteiger partial charge on any atom is 0.250 e. The Morgan fingerprint density at radius 2 is 2.50 bits per heavy atom. The van der Waals surface area contributed by atoms with Crippen LogP contribution in [0.5, 0.6) is 5.88 Å². The molecule has 18 heavy (non-hydrogen) atoms. The van der Waals surface area contributed by atoms with Crippen molar-refractivity contribution in [3.8, 4) is 5.88 Å². The minimum atomic E-state index is -0.378. The summed E-state index contributed by atoms with van der Waals surface area (Å²) in [6, 6.07) is 1.66. The second-order valence-corrected chi connectivity index (χ2v) is 4.32. The smallest absolute Gasteiger partial charge is 0.250 e. The van der Waals surface area contributed by atoms with Gasteiger partial charge in [0.05, 0.1) is 6.10 Å². The van der Waals surface area contributed by atoms with Crippen molar-refractivity contribution in [2.75, 3.05) is 19.8 Å². The number of rotatable bonds is 6. The first kappa shape index (κ1) is 13.2. The van der Waals surface area contributed by atoms with Crippen molar-refractivity contribution in [1.82, 2.24) is 10.3 Å². The Bertz CT molecular complexity index is 381. The van der Waals surface area contributed by atoms with Gasteiger partial charge >= 0.3 is 0 Å². The van der Waals surface area contributed by atoms with E-state index in [0.717, 1.165) is 26.0 Å². The Morgan fingerprint density at radius 1 is 1.61 bits per heavy atom. The average molecular weight is 254 g/mol. The van der Waals surface area contributed by atoms with Gasteiger partial charge in [0.25, 0.3) is 5.88 Å². The van der Waals surface area contributed by atoms with Crippen molar-refractivity contribution < 1.29 is 13.9 Å². The molecule has 1 unspecified atom stereocenters. The first-order chi connectivity index (χ1) is 8.81. The molecule has 0 spiro atoms. The molecule has 100 valence electrons. The van der Waals surface area contributed by atoms with Gasteiger partial charge < -0.3 is 14.8 Å². The standard InChI is InChI=1S/C13H19FN2O2/c1-2-15-8-10-5-6-16-13(12(10)14)18-9-11-4-3-7-17-11/h5-6,11,15H,2-4,7-9H2,1H3. The van der Waals surface area contributed by atoms with E-state index in [2.05, 4.69) is 10.3 Å². The SMILES string of the molecule is CCNCc1ccnc(OCC2CCCO2)c1F. The molecule has 0 amide bonds. The molecule has 2 heterocycles. The molecule has 1 N–H and O–H groups in total. The molecular weight excluding hydrogens is 235 g/mol. The highest BCUT2D eigenvalue weighted by molar-refractivity contribution is 5.23. The zero-order valence-electron chi connectivity index (χ0n) is 10.6. The number of aromatic nitrogens is 1. The fourth-order valence-electron chi connectivity index (χ4n) is 1.91. The minimum Gasteiger partial charge on any atom is -0.473 e. The highest BCUT2D eigenvalue weighted by Gasteiger charge is 2.18. The van der Waals surface area contributed by atoms with Gasteiger partial charge in [-0.2, -0.15) is 0 Å². The lowest BCUT2D eigenvalue weighted by Crippen LogP contribution is -2.18. The molecule has 0 aromatic carbocycles. The van der Waals surface area contributed by atoms with Gasteiger partial charge in [-0.1, -0.05) is 6.92 Å². The van der Waals surface area contributed by atoms with Crippen LogP contribution in [0.2, 0.25) is 0 Å². The molecule has 5 heteroatoms. The number of nitrogens with one attached hydrogen (secondary N) is 1. The topological polar surface area (TPSA) is 43.4 Å². The van der Waals surface area contributed by atoms with Crippen molar-refractivity contribution in [3.05, 3.63) is 23.6 Å². The van der Waals surface area contributed by atoms with Crippen molar-refractivity contribution in [2.24, 2.45) is 0 Å². The lowest BCUT2D eigenvalue weighted by Gasteiger charge is -2.12. The Morgan fingerprint density at radius 3 is 3.22 bits per heavy atom. The number of hydrogen-bond acceptors (Lipinski definition) is 4. The van der Waals surface area contributed by atoms with E-state index in [9.17, 15) is 4.39 Å². The molecule has 2 rings (SSSR count). The lowest BCUT2D eigenvalue weighted by atomic mass is 10.2. The van der Waals surface area contributed by atoms with Gasteiger partial charge in [-0.15, -0.1) is 0 Å². The third-order valence-electron chi connectivity index (χ3n) is 2.93. The lowest BCUT2D eigenvalue weighted by molar-refractivity contribution is 0.0647. The quantitative estimate of drug-likeness (QED) is 0.842. The number of pyridine rings is 1. The van der Waals surface area contributed by atoms with E-state index in [1.165, 1.54) is 0 Å². The van der Waals surface area contributed by atoms with Crippen LogP contribution in [0, 0.1) is 5.82 Å². The largest absolute Gasteiger partial charge is 0.473 e. The van der Waals surface area contributed by atoms with E-state index in [1.54, 1.807) is 12.3 Å². The van der Waals surface area contributed by atoms with Crippen molar-refractivity contribution in [2.45, 2.75) is 32.4 Å². The molecule has 1 aromatic rings. The van der Waals surface area contributed by atoms with E-state index < -0.39 is 0 Å². The zero-order valence-corrected chi connectivity index (χ0v) is 10.6. The average Bonchev–Trinajstić information content (AvgIpc) is 2.89. The highest BCUT2D eigenvalue weighted by Crippen LogP contribution is 2.19. The van der Waals surface area contributed by atoms with Crippen LogP contribution in [-0.4, -0.2) is 30.8 Å². The van der Waals surface area contributed by atoms with Gasteiger partial charge in [0, 0.05) is 24.9 Å². The van der Waals surface area contributed by atoms with Crippen molar-refractivity contribution in [3.63, 3.8) is 0 Å². The molecule has 1 aliphatic rings. The van der Waals surface area contributed by atoms with Gasteiger partial charge in [0.2, 0.25) is 0 Å². The summed E-state index contributed by atoms with van der Waals surface area (Å²) in [5, 5.41) is 3.08. The van der Waals surface area contributed by atoms with Crippen LogP contribution >= 0.6 is 0 Å². The first-order valence-corrected chi connectivity index (χ1v) is 6.39. The van der Waals surface area contributed by atoms with Gasteiger partial charge in [-0.3, -0.25) is 0 Å². The van der Waals surface area contributed by atoms with E-state index in [0.29, 0.717) is 18.7 Å². The summed E-state index contributed by atoms with van der Waals surface area (Å²) in [6.07, 6.45) is 3.66. The summed E-state index contributed by atoms with van der Waals surface area (Å²) in [5.74, 6) is -0.308. The first-order valence-electron chi connectivity index (χ1n) is 6.39. The van der Waals surface area contributed by atoms with Crippen LogP contribution in [0.15, 0.2) is 12.3 Å². The van der Waals surface area contributed by atoms with E-state index in [-0.39, 0.29) is 17.8 Å². The van der Waals surface area contributed by atoms with E-state index in [4.69, 9.17) is 9.47 Å². The number of nitrogens with zero attached hydrogens (tertiary/aromatic N) is 1. The second-order valence-electron chi connectivity index (χ2n) is 4.32. The van der Waals surface area contributed by atoms with Crippen LogP contribution in [-0.2, 0) is 11.3 Å². The normalized spacial score (nSPS) is 19.1. The van der Waals surface area contributed by atoms with E-state index in [1.807, 2.05) is 6.92 Å². The van der Waals surface area contributed by atoms with Crippen LogP contribution in [0.25, 0.3) is 0 Å². The number of hydrogen-bond donors (Lipinski definition) is 1. The molecule has 1 saturated heterocycles. The van der Waals surface area contributed by atoms with Gasteiger partial charge in [-0.05, 0) is 25.5 Å². The predicted molar refractivity (Wildman–Crippen MR) is 66.0 cm³/mol. The summed E-state index contributed by atoms with van der Waals surface area (Å²) in [6.45, 7) is 4.40. The van der Waals surface area contributed by atoms with Crippen LogP contribution in [0.3, 0.4) is 0 Å². The van der Waals surface area contributed by atoms with Gasteiger partial charge in [0.1, 0.15) is 6.61 Å². The predicted octanol–water partition coefficient (Wildman–Crippen LogP) is 1.89. The summed E-state index contributed by atoms with van der Waals surface area (Å²) < 4.78 is 24.8. The van der Waals surface area contributed by atoms with E-state index >= 15 is 0 Å². The molecule has 1 fully saturated rings. The monoisotopic (exact) mass is 254 g/mol. The van der Waals surface area contributed by atoms with Crippen LogP contribution in [0.4, 0.5) is 4.39 Å². The van der Waals surface area contributed by atoms with Crippen LogP contribution < -0.4 is 10.1 Å². The molecular formula is C13H19FN2O2. The fourth-order valence-corrected chi connectivity index (χ4v) is 1.91. The Kier molecular flexibility index (Phi) is 4.90. The third-order valence-corrected chi connectivity index (χ3v) is 2.93. The third kappa shape index (κ3) is 3.40. The molecule has 1 atom stereocenters. The Balaban J connectivity index is 1.94. The maximum absolute atomic E-state index is 14.0. The number of halogens is 1. The Hall–Kier alpha value is -1.20. The molecule has 0 radical (unpaired) electrons. The van der Waals surface area contributed by atoms with Crippen LogP contribution in [0.1, 0.15) is 25.3 Å². The van der Waals surface area contributed by atoms with Gasteiger partial charge in [0.15, 0.2) is 5.82 Å². The highest BCUT2D eigenvalue weighted by atomic mass is 19.1. The summed E-state index contributed by atoms with van der Waals surface area (Å²) in [7, 11) is 0. The molecule has 0 bridgehead atoms. The maximum atomic E-state index is 14.0. The summed E-state index contributed by atoms with van der Waals surface area (Å²) in [4.78, 5) is 3.93. The molecule has 1 aliphatic heterocycles. The second kappa shape index (κ2) is 6.66. The molecule has 0 saturated carbocycles. The van der Waals surface area contributed by atoms with Crippen molar-refractivity contribution >= 4 is 0 Å². The summed E-state index contributed by atoms with van der Waals surface area (Å²) in [5.41, 5.74) is 0.578.